The van der Waals surface area contributed by atoms with Crippen LogP contribution in [0.3, 0.4) is 0 Å². The quantitative estimate of drug-likeness (QED) is 0.641. The van der Waals surface area contributed by atoms with Crippen LogP contribution in [0.5, 0.6) is 5.88 Å². The molecule has 1 aliphatic heterocycles. The number of hydrogen-bond acceptors (Lipinski definition) is 4. The van der Waals surface area contributed by atoms with Crippen LogP contribution in [-0.4, -0.2) is 20.9 Å². The smallest absolute Gasteiger partial charge is 0.262 e. The maximum Gasteiger partial charge on any atom is 0.262 e. The number of nitrogens with zero attached hydrogens (tertiary/aromatic N) is 2. The van der Waals surface area contributed by atoms with Crippen molar-refractivity contribution >= 4 is 47.4 Å². The fourth-order valence-electron chi connectivity index (χ4n) is 2.81. The molecule has 0 fully saturated rings. The Kier molecular flexibility index (Phi) is 4.06. The summed E-state index contributed by atoms with van der Waals surface area (Å²) >= 11 is 11.1. The molecule has 0 atom stereocenters. The Morgan fingerprint density at radius 3 is 2.65 bits per heavy atom. The molecule has 0 saturated heterocycles. The van der Waals surface area contributed by atoms with Gasteiger partial charge in [0.1, 0.15) is 5.56 Å². The molecule has 0 radical (unpaired) electrons. The maximum atomic E-state index is 12.4. The van der Waals surface area contributed by atoms with E-state index in [1.54, 1.807) is 36.6 Å². The summed E-state index contributed by atoms with van der Waals surface area (Å²) in [6.45, 7) is 0. The number of H-pyrrole nitrogens is 1. The van der Waals surface area contributed by atoms with E-state index in [0.717, 1.165) is 16.8 Å². The number of fused-ring (bicyclic) bond motifs is 1. The van der Waals surface area contributed by atoms with Gasteiger partial charge in [0.25, 0.3) is 5.56 Å². The fraction of sp³-hybridized carbons (Fsp3) is 0. The van der Waals surface area contributed by atoms with E-state index in [1.807, 2.05) is 24.3 Å². The lowest BCUT2D eigenvalue weighted by Crippen LogP contribution is -2.16. The van der Waals surface area contributed by atoms with Crippen molar-refractivity contribution in [1.29, 1.82) is 0 Å². The summed E-state index contributed by atoms with van der Waals surface area (Å²) in [6, 6.07) is 14.4. The van der Waals surface area contributed by atoms with Gasteiger partial charge in [-0.3, -0.25) is 19.3 Å². The largest absolute Gasteiger partial charge is 0.494 e. The van der Waals surface area contributed by atoms with Gasteiger partial charge in [-0.2, -0.15) is 0 Å². The van der Waals surface area contributed by atoms with Crippen molar-refractivity contribution in [1.82, 2.24) is 9.55 Å². The molecule has 1 aromatic heterocycles. The summed E-state index contributed by atoms with van der Waals surface area (Å²) < 4.78 is 1.48. The molecule has 0 aliphatic carbocycles. The second-order valence-electron chi connectivity index (χ2n) is 5.68. The number of nitrogens with one attached hydrogen (secondary N) is 1. The molecular weight excluding hydrogens is 370 g/mol. The van der Waals surface area contributed by atoms with Crippen molar-refractivity contribution in [3.63, 3.8) is 0 Å². The monoisotopic (exact) mass is 381 g/mol. The number of rotatable bonds is 2. The van der Waals surface area contributed by atoms with Gasteiger partial charge in [-0.25, -0.2) is 0 Å². The Bertz CT molecular complexity index is 1190. The molecule has 0 spiro atoms. The van der Waals surface area contributed by atoms with E-state index in [1.165, 1.54) is 4.57 Å². The fourth-order valence-corrected chi connectivity index (χ4v) is 3.22. The lowest BCUT2D eigenvalue weighted by molar-refractivity contribution is 0.432. The second kappa shape index (κ2) is 6.40. The summed E-state index contributed by atoms with van der Waals surface area (Å²) in [4.78, 5) is 19.3. The summed E-state index contributed by atoms with van der Waals surface area (Å²) in [5, 5.41) is 11.3. The SMILES string of the molecule is O=c1[nH]c(=S)n(-c2ccc(Cl)cc2)c(O)c1/C=C1\C=Nc2ccccc21. The molecule has 2 heterocycles. The molecule has 2 aromatic carbocycles. The van der Waals surface area contributed by atoms with Gasteiger partial charge in [0.2, 0.25) is 5.88 Å². The predicted molar refractivity (Wildman–Crippen MR) is 106 cm³/mol. The first-order valence-electron chi connectivity index (χ1n) is 7.74. The molecule has 1 aliphatic rings. The number of halogens is 1. The van der Waals surface area contributed by atoms with E-state index < -0.39 is 5.56 Å². The van der Waals surface area contributed by atoms with Gasteiger partial charge < -0.3 is 5.11 Å². The minimum atomic E-state index is -0.469. The van der Waals surface area contributed by atoms with Crippen LogP contribution in [0.4, 0.5) is 5.69 Å². The van der Waals surface area contributed by atoms with E-state index >= 15 is 0 Å². The number of para-hydroxylation sites is 1. The minimum absolute atomic E-state index is 0.0949. The normalized spacial score (nSPS) is 14.0. The van der Waals surface area contributed by atoms with Crippen LogP contribution in [-0.2, 0) is 0 Å². The van der Waals surface area contributed by atoms with Gasteiger partial charge in [-0.05, 0) is 48.6 Å². The summed E-state index contributed by atoms with van der Waals surface area (Å²) in [6.07, 6.45) is 3.27. The second-order valence-corrected chi connectivity index (χ2v) is 6.51. The highest BCUT2D eigenvalue weighted by Crippen LogP contribution is 2.33. The summed E-state index contributed by atoms with van der Waals surface area (Å²) in [5.74, 6) is -0.244. The number of hydrogen-bond donors (Lipinski definition) is 2. The molecule has 0 saturated carbocycles. The van der Waals surface area contributed by atoms with Crippen molar-refractivity contribution in [3.05, 3.63) is 79.8 Å². The van der Waals surface area contributed by atoms with Crippen molar-refractivity contribution in [2.24, 2.45) is 4.99 Å². The number of allylic oxidation sites excluding steroid dienone is 1. The van der Waals surface area contributed by atoms with Crippen LogP contribution in [0, 0.1) is 4.77 Å². The minimum Gasteiger partial charge on any atom is -0.494 e. The van der Waals surface area contributed by atoms with Crippen LogP contribution in [0.2, 0.25) is 5.02 Å². The highest BCUT2D eigenvalue weighted by molar-refractivity contribution is 7.71. The van der Waals surface area contributed by atoms with Crippen LogP contribution in [0.25, 0.3) is 17.3 Å². The first-order valence-corrected chi connectivity index (χ1v) is 8.52. The van der Waals surface area contributed by atoms with Crippen LogP contribution < -0.4 is 5.56 Å². The third-order valence-corrected chi connectivity index (χ3v) is 4.60. The molecule has 26 heavy (non-hydrogen) atoms. The molecule has 0 bridgehead atoms. The topological polar surface area (TPSA) is 70.4 Å². The highest BCUT2D eigenvalue weighted by atomic mass is 35.5. The highest BCUT2D eigenvalue weighted by Gasteiger charge is 2.16. The molecule has 5 nitrogen and oxygen atoms in total. The lowest BCUT2D eigenvalue weighted by atomic mass is 10.1. The van der Waals surface area contributed by atoms with E-state index in [4.69, 9.17) is 23.8 Å². The number of benzene rings is 2. The van der Waals surface area contributed by atoms with Crippen LogP contribution in [0.1, 0.15) is 11.1 Å². The van der Waals surface area contributed by atoms with Gasteiger partial charge in [-0.1, -0.05) is 29.8 Å². The third-order valence-electron chi connectivity index (χ3n) is 4.06. The first kappa shape index (κ1) is 16.5. The predicted octanol–water partition coefficient (Wildman–Crippen LogP) is 4.51. The molecule has 7 heteroatoms. The number of aromatic nitrogens is 2. The lowest BCUT2D eigenvalue weighted by Gasteiger charge is -2.11. The van der Waals surface area contributed by atoms with Gasteiger partial charge in [0.05, 0.1) is 11.4 Å². The van der Waals surface area contributed by atoms with E-state index in [2.05, 4.69) is 9.98 Å². The Labute approximate surface area is 158 Å². The Hall–Kier alpha value is -2.96. The zero-order chi connectivity index (χ0) is 18.3. The van der Waals surface area contributed by atoms with Crippen molar-refractivity contribution in [3.8, 4) is 11.6 Å². The molecular formula is C19H12ClN3O2S. The van der Waals surface area contributed by atoms with Gasteiger partial charge in [-0.15, -0.1) is 0 Å². The standard InChI is InChI=1S/C19H12ClN3O2S/c20-12-5-7-13(8-6-12)23-18(25)15(17(24)22-19(23)26)9-11-10-21-16-4-2-1-3-14(11)16/h1-10,25H,(H,22,24,26)/b11-9+. The Balaban J connectivity index is 1.91. The molecule has 0 amide bonds. The molecule has 3 aromatic rings. The van der Waals surface area contributed by atoms with Gasteiger partial charge in [0, 0.05) is 22.4 Å². The van der Waals surface area contributed by atoms with Gasteiger partial charge in [0.15, 0.2) is 4.77 Å². The first-order chi connectivity index (χ1) is 12.5. The van der Waals surface area contributed by atoms with Gasteiger partial charge >= 0.3 is 0 Å². The van der Waals surface area contributed by atoms with E-state index in [9.17, 15) is 9.90 Å². The van der Waals surface area contributed by atoms with Crippen LogP contribution >= 0.6 is 23.8 Å². The zero-order valence-electron chi connectivity index (χ0n) is 13.3. The van der Waals surface area contributed by atoms with Crippen molar-refractivity contribution in [2.45, 2.75) is 0 Å². The average molecular weight is 382 g/mol. The molecule has 2 N–H and O–H groups in total. The van der Waals surface area contributed by atoms with Crippen molar-refractivity contribution < 1.29 is 5.11 Å². The summed E-state index contributed by atoms with van der Waals surface area (Å²) in [7, 11) is 0. The molecule has 0 unspecified atom stereocenters. The van der Waals surface area contributed by atoms with Crippen LogP contribution in [0.15, 0.2) is 58.3 Å². The third kappa shape index (κ3) is 2.79. The molecule has 4 rings (SSSR count). The van der Waals surface area contributed by atoms with E-state index in [0.29, 0.717) is 10.7 Å². The zero-order valence-corrected chi connectivity index (χ0v) is 14.9. The Morgan fingerprint density at radius 1 is 1.15 bits per heavy atom. The summed E-state index contributed by atoms with van der Waals surface area (Å²) in [5.41, 5.74) is 2.68. The van der Waals surface area contributed by atoms with Crippen molar-refractivity contribution in [2.75, 3.05) is 0 Å². The maximum absolute atomic E-state index is 12.4. The number of aromatic hydroxyl groups is 1. The number of aromatic amines is 1. The number of aliphatic imine (C=N–C) groups is 1. The Morgan fingerprint density at radius 2 is 1.88 bits per heavy atom. The van der Waals surface area contributed by atoms with E-state index in [-0.39, 0.29) is 16.2 Å². The molecule has 128 valence electrons. The average Bonchev–Trinajstić information content (AvgIpc) is 3.03.